The van der Waals surface area contributed by atoms with Gasteiger partial charge < -0.3 is 10.6 Å². The van der Waals surface area contributed by atoms with Crippen LogP contribution in [0.25, 0.3) is 0 Å². The highest BCUT2D eigenvalue weighted by molar-refractivity contribution is 5.15. The Morgan fingerprint density at radius 2 is 2.21 bits per heavy atom. The van der Waals surface area contributed by atoms with Gasteiger partial charge in [-0.1, -0.05) is 19.9 Å². The highest BCUT2D eigenvalue weighted by atomic mass is 15.0. The van der Waals surface area contributed by atoms with Crippen LogP contribution < -0.4 is 10.6 Å². The molecule has 2 heterocycles. The minimum Gasteiger partial charge on any atom is -0.313 e. The van der Waals surface area contributed by atoms with Crippen LogP contribution in [0, 0.1) is 0 Å². The molecule has 1 saturated heterocycles. The summed E-state index contributed by atoms with van der Waals surface area (Å²) in [6.07, 6.45) is 4.28. The second kappa shape index (κ2) is 5.59. The maximum atomic E-state index is 4.49. The number of piperidine rings is 1. The van der Waals surface area contributed by atoms with E-state index in [1.165, 1.54) is 12.8 Å². The number of hydrogen-bond donors (Lipinski definition) is 2. The summed E-state index contributed by atoms with van der Waals surface area (Å²) < 4.78 is 0. The van der Waals surface area contributed by atoms with Gasteiger partial charge in [-0.05, 0) is 45.4 Å². The van der Waals surface area contributed by atoms with E-state index < -0.39 is 0 Å². The largest absolute Gasteiger partial charge is 0.313 e. The molecule has 1 aliphatic rings. The number of hydrogen-bond acceptors (Lipinski definition) is 3. The van der Waals surface area contributed by atoms with Gasteiger partial charge in [-0.15, -0.1) is 0 Å². The Bertz CT molecular complexity index is 398. The summed E-state index contributed by atoms with van der Waals surface area (Å²) in [7, 11) is 0. The van der Waals surface area contributed by atoms with Gasteiger partial charge in [0.05, 0.1) is 0 Å². The van der Waals surface area contributed by atoms with Crippen LogP contribution in [0.2, 0.25) is 0 Å². The molecule has 0 spiro atoms. The van der Waals surface area contributed by atoms with Crippen molar-refractivity contribution < 1.29 is 0 Å². The Labute approximate surface area is 117 Å². The molecule has 3 nitrogen and oxygen atoms in total. The average molecular weight is 261 g/mol. The fourth-order valence-corrected chi connectivity index (χ4v) is 2.80. The number of aromatic nitrogens is 1. The summed E-state index contributed by atoms with van der Waals surface area (Å²) in [5, 5.41) is 7.30. The second-order valence-corrected chi connectivity index (χ2v) is 6.98. The molecule has 0 aliphatic carbocycles. The molecule has 2 N–H and O–H groups in total. The van der Waals surface area contributed by atoms with Crippen molar-refractivity contribution in [1.82, 2.24) is 15.6 Å². The molecular formula is C16H27N3. The van der Waals surface area contributed by atoms with Crippen molar-refractivity contribution >= 4 is 0 Å². The number of nitrogens with one attached hydrogen (secondary N) is 2. The molecule has 1 aliphatic heterocycles. The normalized spacial score (nSPS) is 23.3. The van der Waals surface area contributed by atoms with Gasteiger partial charge >= 0.3 is 0 Å². The van der Waals surface area contributed by atoms with Crippen LogP contribution in [0.5, 0.6) is 0 Å². The number of nitrogens with zero attached hydrogens (tertiary/aromatic N) is 1. The molecule has 0 aromatic carbocycles. The Morgan fingerprint density at radius 1 is 1.42 bits per heavy atom. The molecule has 0 bridgehead atoms. The second-order valence-electron chi connectivity index (χ2n) is 6.98. The van der Waals surface area contributed by atoms with Gasteiger partial charge in [0.2, 0.25) is 0 Å². The zero-order valence-electron chi connectivity index (χ0n) is 12.7. The highest BCUT2D eigenvalue weighted by Gasteiger charge is 2.29. The lowest BCUT2D eigenvalue weighted by atomic mass is 9.86. The molecule has 1 aromatic rings. The van der Waals surface area contributed by atoms with Gasteiger partial charge in [0, 0.05) is 35.4 Å². The lowest BCUT2D eigenvalue weighted by Crippen LogP contribution is -2.53. The van der Waals surface area contributed by atoms with E-state index in [0.29, 0.717) is 6.04 Å². The molecule has 3 heteroatoms. The first-order valence-electron chi connectivity index (χ1n) is 7.29. The van der Waals surface area contributed by atoms with Gasteiger partial charge in [-0.25, -0.2) is 0 Å². The van der Waals surface area contributed by atoms with Gasteiger partial charge in [0.25, 0.3) is 0 Å². The van der Waals surface area contributed by atoms with E-state index in [1.807, 2.05) is 12.3 Å². The maximum Gasteiger partial charge on any atom is 0.0472 e. The van der Waals surface area contributed by atoms with E-state index in [9.17, 15) is 0 Å². The zero-order chi connectivity index (χ0) is 13.9. The predicted octanol–water partition coefficient (Wildman–Crippen LogP) is 2.48. The fraction of sp³-hybridized carbons (Fsp3) is 0.688. The first-order chi connectivity index (χ1) is 8.89. The van der Waals surface area contributed by atoms with Crippen LogP contribution in [-0.4, -0.2) is 29.7 Å². The predicted molar refractivity (Wildman–Crippen MR) is 80.4 cm³/mol. The average Bonchev–Trinajstić information content (AvgIpc) is 2.37. The minimum atomic E-state index is 0.0796. The van der Waals surface area contributed by atoms with E-state index in [2.05, 4.69) is 55.4 Å². The van der Waals surface area contributed by atoms with Crippen molar-refractivity contribution in [2.24, 2.45) is 0 Å². The maximum absolute atomic E-state index is 4.49. The molecule has 0 radical (unpaired) electrons. The van der Waals surface area contributed by atoms with Gasteiger partial charge in [0.1, 0.15) is 0 Å². The van der Waals surface area contributed by atoms with Gasteiger partial charge in [-0.2, -0.15) is 0 Å². The summed E-state index contributed by atoms with van der Waals surface area (Å²) in [6.45, 7) is 11.2. The zero-order valence-corrected chi connectivity index (χ0v) is 12.7. The van der Waals surface area contributed by atoms with Crippen molar-refractivity contribution in [2.75, 3.05) is 13.1 Å². The van der Waals surface area contributed by atoms with Crippen molar-refractivity contribution in [2.45, 2.75) is 57.5 Å². The molecular weight excluding hydrogens is 234 g/mol. The molecule has 1 fully saturated rings. The monoisotopic (exact) mass is 261 g/mol. The molecule has 0 saturated carbocycles. The lowest BCUT2D eigenvalue weighted by Gasteiger charge is -2.38. The third-order valence-electron chi connectivity index (χ3n) is 4.04. The molecule has 1 aromatic heterocycles. The number of rotatable bonds is 4. The smallest absolute Gasteiger partial charge is 0.0472 e. The molecule has 19 heavy (non-hydrogen) atoms. The van der Waals surface area contributed by atoms with Crippen molar-refractivity contribution in [3.63, 3.8) is 0 Å². The molecule has 0 amide bonds. The fourth-order valence-electron chi connectivity index (χ4n) is 2.80. The van der Waals surface area contributed by atoms with E-state index in [0.717, 1.165) is 18.8 Å². The summed E-state index contributed by atoms with van der Waals surface area (Å²) >= 11 is 0. The quantitative estimate of drug-likeness (QED) is 0.874. The van der Waals surface area contributed by atoms with Crippen LogP contribution >= 0.6 is 0 Å². The summed E-state index contributed by atoms with van der Waals surface area (Å²) in [5.41, 5.74) is 1.50. The summed E-state index contributed by atoms with van der Waals surface area (Å²) in [4.78, 5) is 4.49. The minimum absolute atomic E-state index is 0.0796. The first-order valence-corrected chi connectivity index (χ1v) is 7.29. The first kappa shape index (κ1) is 14.5. The Kier molecular flexibility index (Phi) is 4.26. The molecule has 1 unspecified atom stereocenters. The third kappa shape index (κ3) is 4.02. The highest BCUT2D eigenvalue weighted by Crippen LogP contribution is 2.22. The number of pyridine rings is 1. The summed E-state index contributed by atoms with van der Waals surface area (Å²) in [6, 6.07) is 6.77. The van der Waals surface area contributed by atoms with Crippen LogP contribution in [-0.2, 0) is 5.41 Å². The van der Waals surface area contributed by atoms with Gasteiger partial charge in [-0.3, -0.25) is 4.98 Å². The Balaban J connectivity index is 1.91. The van der Waals surface area contributed by atoms with Crippen molar-refractivity contribution in [1.29, 1.82) is 0 Å². The Morgan fingerprint density at radius 3 is 2.84 bits per heavy atom. The van der Waals surface area contributed by atoms with Crippen LogP contribution in [0.3, 0.4) is 0 Å². The summed E-state index contributed by atoms with van der Waals surface area (Å²) in [5.74, 6) is 0. The molecule has 106 valence electrons. The Hall–Kier alpha value is -0.930. The molecule has 2 rings (SSSR count). The van der Waals surface area contributed by atoms with Crippen LogP contribution in [0.1, 0.15) is 46.2 Å². The SMILES string of the molecule is CC1(C)CC(NCC(C)(C)c2ccccn2)CCN1. The van der Waals surface area contributed by atoms with Gasteiger partial charge in [0.15, 0.2) is 0 Å². The van der Waals surface area contributed by atoms with Crippen LogP contribution in [0.15, 0.2) is 24.4 Å². The topological polar surface area (TPSA) is 37.0 Å². The van der Waals surface area contributed by atoms with E-state index in [1.54, 1.807) is 0 Å². The van der Waals surface area contributed by atoms with Crippen LogP contribution in [0.4, 0.5) is 0 Å². The standard InChI is InChI=1S/C16H27N3/c1-15(2,14-7-5-6-9-17-14)12-18-13-8-10-19-16(3,4)11-13/h5-7,9,13,18-19H,8,10-12H2,1-4H3. The van der Waals surface area contributed by atoms with Crippen molar-refractivity contribution in [3.8, 4) is 0 Å². The third-order valence-corrected chi connectivity index (χ3v) is 4.04. The van der Waals surface area contributed by atoms with E-state index in [-0.39, 0.29) is 11.0 Å². The van der Waals surface area contributed by atoms with E-state index in [4.69, 9.17) is 0 Å². The molecule has 1 atom stereocenters. The van der Waals surface area contributed by atoms with E-state index >= 15 is 0 Å². The lowest BCUT2D eigenvalue weighted by molar-refractivity contribution is 0.239. The van der Waals surface area contributed by atoms with Crippen molar-refractivity contribution in [3.05, 3.63) is 30.1 Å².